The zero-order valence-corrected chi connectivity index (χ0v) is 18.8. The third-order valence-corrected chi connectivity index (χ3v) is 6.23. The molecule has 1 aliphatic heterocycles. The van der Waals surface area contributed by atoms with Crippen molar-refractivity contribution in [3.63, 3.8) is 0 Å². The van der Waals surface area contributed by atoms with E-state index in [2.05, 4.69) is 27.4 Å². The van der Waals surface area contributed by atoms with Crippen LogP contribution in [0.5, 0.6) is 0 Å². The molecule has 0 spiro atoms. The van der Waals surface area contributed by atoms with Gasteiger partial charge in [-0.15, -0.1) is 0 Å². The van der Waals surface area contributed by atoms with Crippen LogP contribution in [0, 0.1) is 11.6 Å². The number of aromatic nitrogens is 2. The standard InChI is InChI=1S/C26H25F2N5O/c1-31-10-12-32(13-11-31)25-5-3-2-4-22(25)26(34)30-33-24-9-6-18(15-20(24)17-29-33)14-19-16-21(27)7-8-23(19)28/h2-9,15-17H,10-14H2,1H3,(H,30,34). The van der Waals surface area contributed by atoms with Gasteiger partial charge in [0.15, 0.2) is 0 Å². The lowest BCUT2D eigenvalue weighted by atomic mass is 10.0. The molecule has 4 aromatic rings. The molecule has 1 fully saturated rings. The molecule has 1 amide bonds. The van der Waals surface area contributed by atoms with Crippen molar-refractivity contribution in [3.05, 3.63) is 95.2 Å². The van der Waals surface area contributed by atoms with Gasteiger partial charge in [-0.05, 0) is 60.6 Å². The Hall–Kier alpha value is -3.78. The quantitative estimate of drug-likeness (QED) is 0.488. The van der Waals surface area contributed by atoms with Crippen LogP contribution in [-0.2, 0) is 6.42 Å². The maximum atomic E-state index is 14.0. The number of amides is 1. The van der Waals surface area contributed by atoms with E-state index < -0.39 is 11.6 Å². The Morgan fingerprint density at radius 3 is 2.62 bits per heavy atom. The Bertz CT molecular complexity index is 1340. The number of nitrogens with zero attached hydrogens (tertiary/aromatic N) is 4. The van der Waals surface area contributed by atoms with Crippen LogP contribution in [0.1, 0.15) is 21.5 Å². The molecular formula is C26H25F2N5O. The highest BCUT2D eigenvalue weighted by Gasteiger charge is 2.20. The molecule has 0 bridgehead atoms. The number of carbonyl (C=O) groups is 1. The van der Waals surface area contributed by atoms with Gasteiger partial charge < -0.3 is 9.80 Å². The maximum Gasteiger partial charge on any atom is 0.273 e. The van der Waals surface area contributed by atoms with Crippen molar-refractivity contribution in [2.45, 2.75) is 6.42 Å². The second-order valence-electron chi connectivity index (χ2n) is 8.61. The SMILES string of the molecule is CN1CCN(c2ccccc2C(=O)Nn2ncc3cc(Cc4cc(F)ccc4F)ccc32)CC1. The molecule has 0 saturated carbocycles. The van der Waals surface area contributed by atoms with Crippen molar-refractivity contribution in [2.75, 3.05) is 43.6 Å². The first-order chi connectivity index (χ1) is 16.5. The van der Waals surface area contributed by atoms with E-state index in [-0.39, 0.29) is 12.3 Å². The highest BCUT2D eigenvalue weighted by atomic mass is 19.1. The van der Waals surface area contributed by atoms with Crippen molar-refractivity contribution in [2.24, 2.45) is 0 Å². The van der Waals surface area contributed by atoms with Crippen LogP contribution in [0.4, 0.5) is 14.5 Å². The Kier molecular flexibility index (Phi) is 5.98. The monoisotopic (exact) mass is 461 g/mol. The highest BCUT2D eigenvalue weighted by Crippen LogP contribution is 2.23. The van der Waals surface area contributed by atoms with Crippen LogP contribution >= 0.6 is 0 Å². The number of para-hydroxylation sites is 1. The summed E-state index contributed by atoms with van der Waals surface area (Å²) in [5.41, 5.74) is 6.20. The number of carbonyl (C=O) groups excluding carboxylic acids is 1. The lowest BCUT2D eigenvalue weighted by Gasteiger charge is -2.34. The van der Waals surface area contributed by atoms with Gasteiger partial charge >= 0.3 is 0 Å². The molecule has 0 radical (unpaired) electrons. The fraction of sp³-hybridized carbons (Fsp3) is 0.231. The lowest BCUT2D eigenvalue weighted by molar-refractivity contribution is 0.101. The largest absolute Gasteiger partial charge is 0.368 e. The normalized spacial score (nSPS) is 14.5. The third-order valence-electron chi connectivity index (χ3n) is 6.23. The van der Waals surface area contributed by atoms with Gasteiger partial charge in [-0.3, -0.25) is 4.79 Å². The molecule has 0 atom stereocenters. The van der Waals surface area contributed by atoms with E-state index in [0.717, 1.165) is 54.9 Å². The molecular weight excluding hydrogens is 436 g/mol. The van der Waals surface area contributed by atoms with Gasteiger partial charge in [0.1, 0.15) is 11.6 Å². The van der Waals surface area contributed by atoms with Crippen LogP contribution in [0.3, 0.4) is 0 Å². The molecule has 3 aromatic carbocycles. The summed E-state index contributed by atoms with van der Waals surface area (Å²) >= 11 is 0. The van der Waals surface area contributed by atoms with Gasteiger partial charge in [-0.1, -0.05) is 18.2 Å². The van der Waals surface area contributed by atoms with E-state index in [1.165, 1.54) is 10.9 Å². The van der Waals surface area contributed by atoms with Crippen molar-refractivity contribution >= 4 is 22.5 Å². The van der Waals surface area contributed by atoms with Crippen molar-refractivity contribution in [1.82, 2.24) is 14.8 Å². The van der Waals surface area contributed by atoms with E-state index in [9.17, 15) is 13.6 Å². The number of piperazine rings is 1. The molecule has 34 heavy (non-hydrogen) atoms. The number of rotatable bonds is 5. The molecule has 6 nitrogen and oxygen atoms in total. The van der Waals surface area contributed by atoms with Gasteiger partial charge in [-0.25, -0.2) is 14.2 Å². The first kappa shape index (κ1) is 22.0. The number of anilines is 1. The van der Waals surface area contributed by atoms with Crippen LogP contribution in [0.15, 0.2) is 66.9 Å². The molecule has 174 valence electrons. The van der Waals surface area contributed by atoms with Gasteiger partial charge in [0.2, 0.25) is 0 Å². The summed E-state index contributed by atoms with van der Waals surface area (Å²) < 4.78 is 27.5. The van der Waals surface area contributed by atoms with Gasteiger partial charge in [0, 0.05) is 43.7 Å². The summed E-state index contributed by atoms with van der Waals surface area (Å²) in [5.74, 6) is -1.15. The van der Waals surface area contributed by atoms with Crippen LogP contribution < -0.4 is 10.3 Å². The molecule has 1 aliphatic rings. The number of benzene rings is 3. The maximum absolute atomic E-state index is 14.0. The Morgan fingerprint density at radius 2 is 1.79 bits per heavy atom. The molecule has 8 heteroatoms. The summed E-state index contributed by atoms with van der Waals surface area (Å²) in [6, 6.07) is 16.6. The minimum atomic E-state index is -0.468. The molecule has 5 rings (SSSR count). The predicted molar refractivity (Wildman–Crippen MR) is 129 cm³/mol. The zero-order chi connectivity index (χ0) is 23.7. The summed E-state index contributed by atoms with van der Waals surface area (Å²) in [7, 11) is 2.10. The summed E-state index contributed by atoms with van der Waals surface area (Å²) in [6.45, 7) is 3.61. The van der Waals surface area contributed by atoms with E-state index in [1.807, 2.05) is 42.5 Å². The van der Waals surface area contributed by atoms with Crippen LogP contribution in [-0.4, -0.2) is 53.9 Å². The average Bonchev–Trinajstić information content (AvgIpc) is 3.24. The number of nitrogens with one attached hydrogen (secondary N) is 1. The molecule has 2 heterocycles. The number of hydrogen-bond acceptors (Lipinski definition) is 4. The lowest BCUT2D eigenvalue weighted by Crippen LogP contribution is -2.45. The summed E-state index contributed by atoms with van der Waals surface area (Å²) in [4.78, 5) is 19.1. The fourth-order valence-corrected chi connectivity index (χ4v) is 4.33. The average molecular weight is 462 g/mol. The van der Waals surface area contributed by atoms with E-state index in [1.54, 1.807) is 6.20 Å². The minimum Gasteiger partial charge on any atom is -0.368 e. The predicted octanol–water partition coefficient (Wildman–Crippen LogP) is 4.04. The topological polar surface area (TPSA) is 53.4 Å². The smallest absolute Gasteiger partial charge is 0.273 e. The zero-order valence-electron chi connectivity index (χ0n) is 18.8. The van der Waals surface area contributed by atoms with E-state index >= 15 is 0 Å². The van der Waals surface area contributed by atoms with Crippen LogP contribution in [0.25, 0.3) is 10.9 Å². The van der Waals surface area contributed by atoms with Gasteiger partial charge in [0.05, 0.1) is 17.3 Å². The molecule has 0 aliphatic carbocycles. The van der Waals surface area contributed by atoms with E-state index in [0.29, 0.717) is 16.6 Å². The Balaban J connectivity index is 1.36. The second kappa shape index (κ2) is 9.23. The molecule has 1 aromatic heterocycles. The summed E-state index contributed by atoms with van der Waals surface area (Å²) in [5, 5.41) is 5.12. The van der Waals surface area contributed by atoms with Gasteiger partial charge in [0.25, 0.3) is 5.91 Å². The van der Waals surface area contributed by atoms with Crippen molar-refractivity contribution in [1.29, 1.82) is 0 Å². The minimum absolute atomic E-state index is 0.245. The number of fused-ring (bicyclic) bond motifs is 1. The van der Waals surface area contributed by atoms with Crippen molar-refractivity contribution in [3.8, 4) is 0 Å². The summed E-state index contributed by atoms with van der Waals surface area (Å²) in [6.07, 6.45) is 1.91. The van der Waals surface area contributed by atoms with E-state index in [4.69, 9.17) is 0 Å². The first-order valence-corrected chi connectivity index (χ1v) is 11.2. The van der Waals surface area contributed by atoms with Crippen LogP contribution in [0.2, 0.25) is 0 Å². The van der Waals surface area contributed by atoms with Gasteiger partial charge in [-0.2, -0.15) is 9.89 Å². The number of likely N-dealkylation sites (N-methyl/N-ethyl adjacent to an activating group) is 1. The third kappa shape index (κ3) is 4.49. The number of halogens is 2. The van der Waals surface area contributed by atoms with Crippen molar-refractivity contribution < 1.29 is 13.6 Å². The molecule has 1 saturated heterocycles. The second-order valence-corrected chi connectivity index (χ2v) is 8.61. The number of hydrogen-bond donors (Lipinski definition) is 1. The molecule has 1 N–H and O–H groups in total. The molecule has 0 unspecified atom stereocenters. The Labute approximate surface area is 196 Å². The highest BCUT2D eigenvalue weighted by molar-refractivity contribution is 6.05. The first-order valence-electron chi connectivity index (χ1n) is 11.2. The fourth-order valence-electron chi connectivity index (χ4n) is 4.33. The Morgan fingerprint density at radius 1 is 1.00 bits per heavy atom.